The van der Waals surface area contributed by atoms with Crippen LogP contribution in [-0.4, -0.2) is 5.11 Å². The molecular weight excluding hydrogens is 228 g/mol. The number of rotatable bonds is 1. The van der Waals surface area contributed by atoms with Gasteiger partial charge in [-0.2, -0.15) is 0 Å². The van der Waals surface area contributed by atoms with Crippen molar-refractivity contribution in [2.24, 2.45) is 5.92 Å². The van der Waals surface area contributed by atoms with E-state index in [1.807, 2.05) is 0 Å². The third-order valence-electron chi connectivity index (χ3n) is 3.56. The SMILES string of the molecule is Oc1ccc(C23CC(C2)C3)c(Br)c1. The lowest BCUT2D eigenvalue weighted by Crippen LogP contribution is -2.55. The van der Waals surface area contributed by atoms with Crippen molar-refractivity contribution in [2.75, 3.05) is 0 Å². The van der Waals surface area contributed by atoms with Gasteiger partial charge in [-0.15, -0.1) is 0 Å². The Morgan fingerprint density at radius 3 is 2.46 bits per heavy atom. The third kappa shape index (κ3) is 0.925. The number of aromatic hydroxyl groups is 1. The molecule has 3 aliphatic carbocycles. The van der Waals surface area contributed by atoms with Gasteiger partial charge in [-0.3, -0.25) is 0 Å². The summed E-state index contributed by atoms with van der Waals surface area (Å²) in [5, 5.41) is 9.28. The molecule has 3 saturated carbocycles. The lowest BCUT2D eigenvalue weighted by molar-refractivity contribution is -0.0279. The van der Waals surface area contributed by atoms with Gasteiger partial charge in [0, 0.05) is 4.47 Å². The van der Waals surface area contributed by atoms with Crippen molar-refractivity contribution < 1.29 is 5.11 Å². The van der Waals surface area contributed by atoms with E-state index in [0.29, 0.717) is 11.2 Å². The summed E-state index contributed by atoms with van der Waals surface area (Å²) >= 11 is 3.52. The van der Waals surface area contributed by atoms with Crippen molar-refractivity contribution in [2.45, 2.75) is 24.7 Å². The minimum absolute atomic E-state index is 0.349. The molecule has 0 radical (unpaired) electrons. The van der Waals surface area contributed by atoms with Crippen LogP contribution in [0.4, 0.5) is 0 Å². The van der Waals surface area contributed by atoms with Crippen molar-refractivity contribution >= 4 is 15.9 Å². The number of hydrogen-bond acceptors (Lipinski definition) is 1. The van der Waals surface area contributed by atoms with Crippen molar-refractivity contribution in [1.82, 2.24) is 0 Å². The van der Waals surface area contributed by atoms with Gasteiger partial charge >= 0.3 is 0 Å². The first-order valence-electron chi connectivity index (χ1n) is 4.69. The summed E-state index contributed by atoms with van der Waals surface area (Å²) < 4.78 is 1.07. The number of phenols is 1. The highest BCUT2D eigenvalue weighted by atomic mass is 79.9. The van der Waals surface area contributed by atoms with E-state index in [1.165, 1.54) is 24.8 Å². The molecule has 68 valence electrons. The molecule has 1 N–H and O–H groups in total. The highest BCUT2D eigenvalue weighted by Gasteiger charge is 2.57. The van der Waals surface area contributed by atoms with Crippen LogP contribution >= 0.6 is 15.9 Å². The van der Waals surface area contributed by atoms with Crippen LogP contribution in [0.25, 0.3) is 0 Å². The molecule has 0 saturated heterocycles. The van der Waals surface area contributed by atoms with Crippen LogP contribution in [0, 0.1) is 5.92 Å². The monoisotopic (exact) mass is 238 g/mol. The third-order valence-corrected chi connectivity index (χ3v) is 4.22. The molecule has 0 unspecified atom stereocenters. The molecule has 0 aliphatic heterocycles. The summed E-state index contributed by atoms with van der Waals surface area (Å²) in [5.74, 6) is 1.35. The zero-order valence-corrected chi connectivity index (χ0v) is 8.84. The van der Waals surface area contributed by atoms with Crippen molar-refractivity contribution in [3.8, 4) is 5.75 Å². The summed E-state index contributed by atoms with van der Waals surface area (Å²) in [6.07, 6.45) is 4.07. The Bertz CT molecular complexity index is 355. The topological polar surface area (TPSA) is 20.2 Å². The fourth-order valence-corrected chi connectivity index (χ4v) is 3.53. The first-order chi connectivity index (χ1) is 6.20. The Kier molecular flexibility index (Phi) is 1.39. The maximum atomic E-state index is 9.28. The fraction of sp³-hybridized carbons (Fsp3) is 0.455. The number of hydrogen-bond donors (Lipinski definition) is 1. The van der Waals surface area contributed by atoms with Crippen molar-refractivity contribution in [3.05, 3.63) is 28.2 Å². The van der Waals surface area contributed by atoms with E-state index in [-0.39, 0.29) is 0 Å². The van der Waals surface area contributed by atoms with Gasteiger partial charge in [-0.05, 0) is 48.3 Å². The maximum Gasteiger partial charge on any atom is 0.116 e. The standard InChI is InChI=1S/C11H11BrO/c12-10-3-8(13)1-2-9(10)11-4-7(5-11)6-11/h1-3,7,13H,4-6H2. The second-order valence-electron chi connectivity index (χ2n) is 4.42. The van der Waals surface area contributed by atoms with E-state index < -0.39 is 0 Å². The van der Waals surface area contributed by atoms with E-state index >= 15 is 0 Å². The number of phenolic OH excluding ortho intramolecular Hbond substituents is 1. The Morgan fingerprint density at radius 2 is 2.00 bits per heavy atom. The van der Waals surface area contributed by atoms with Crippen LogP contribution in [0.2, 0.25) is 0 Å². The molecule has 1 nitrogen and oxygen atoms in total. The van der Waals surface area contributed by atoms with Crippen LogP contribution in [-0.2, 0) is 5.41 Å². The van der Waals surface area contributed by atoms with Crippen LogP contribution < -0.4 is 0 Å². The molecule has 13 heavy (non-hydrogen) atoms. The van der Waals surface area contributed by atoms with Crippen LogP contribution in [0.1, 0.15) is 24.8 Å². The molecule has 1 aromatic rings. The second kappa shape index (κ2) is 2.30. The van der Waals surface area contributed by atoms with E-state index in [9.17, 15) is 5.11 Å². The average Bonchev–Trinajstić information content (AvgIpc) is 1.88. The molecule has 0 heterocycles. The molecule has 1 aromatic carbocycles. The normalized spacial score (nSPS) is 35.0. The summed E-state index contributed by atoms with van der Waals surface area (Å²) in [5.41, 5.74) is 1.88. The minimum atomic E-state index is 0.349. The molecule has 3 fully saturated rings. The zero-order chi connectivity index (χ0) is 9.05. The smallest absolute Gasteiger partial charge is 0.116 e. The molecule has 2 bridgehead atoms. The molecule has 0 amide bonds. The van der Waals surface area contributed by atoms with E-state index in [1.54, 1.807) is 12.1 Å². The maximum absolute atomic E-state index is 9.28. The predicted molar refractivity (Wildman–Crippen MR) is 54.8 cm³/mol. The fourth-order valence-electron chi connectivity index (χ4n) is 2.74. The highest BCUT2D eigenvalue weighted by molar-refractivity contribution is 9.10. The summed E-state index contributed by atoms with van der Waals surface area (Å²) in [6, 6.07) is 5.66. The minimum Gasteiger partial charge on any atom is -0.508 e. The summed E-state index contributed by atoms with van der Waals surface area (Å²) in [4.78, 5) is 0. The molecule has 0 atom stereocenters. The molecule has 0 aromatic heterocycles. The van der Waals surface area contributed by atoms with Crippen molar-refractivity contribution in [3.63, 3.8) is 0 Å². The van der Waals surface area contributed by atoms with E-state index in [2.05, 4.69) is 22.0 Å². The molecule has 2 heteroatoms. The van der Waals surface area contributed by atoms with Gasteiger partial charge in [0.05, 0.1) is 0 Å². The van der Waals surface area contributed by atoms with Gasteiger partial charge in [0.1, 0.15) is 5.75 Å². The highest BCUT2D eigenvalue weighted by Crippen LogP contribution is 2.66. The van der Waals surface area contributed by atoms with Crippen molar-refractivity contribution in [1.29, 1.82) is 0 Å². The van der Waals surface area contributed by atoms with Gasteiger partial charge in [0.2, 0.25) is 0 Å². The first-order valence-corrected chi connectivity index (χ1v) is 5.48. The zero-order valence-electron chi connectivity index (χ0n) is 7.26. The quantitative estimate of drug-likeness (QED) is 0.797. The lowest BCUT2D eigenvalue weighted by Gasteiger charge is -2.62. The largest absolute Gasteiger partial charge is 0.508 e. The predicted octanol–water partition coefficient (Wildman–Crippen LogP) is 3.21. The number of benzene rings is 1. The van der Waals surface area contributed by atoms with E-state index in [4.69, 9.17) is 0 Å². The molecule has 3 aliphatic rings. The molecular formula is C11H11BrO. The van der Waals surface area contributed by atoms with Crippen LogP contribution in [0.5, 0.6) is 5.75 Å². The Hall–Kier alpha value is -0.500. The Morgan fingerprint density at radius 1 is 1.31 bits per heavy atom. The van der Waals surface area contributed by atoms with Gasteiger partial charge in [0.25, 0.3) is 0 Å². The second-order valence-corrected chi connectivity index (χ2v) is 5.28. The summed E-state index contributed by atoms with van der Waals surface area (Å²) in [6.45, 7) is 0. The molecule has 0 spiro atoms. The van der Waals surface area contributed by atoms with Crippen LogP contribution in [0.15, 0.2) is 22.7 Å². The Balaban J connectivity index is 2.04. The first kappa shape index (κ1) is 7.86. The average molecular weight is 239 g/mol. The van der Waals surface area contributed by atoms with E-state index in [0.717, 1.165) is 10.4 Å². The van der Waals surface area contributed by atoms with Gasteiger partial charge in [-0.1, -0.05) is 22.0 Å². The van der Waals surface area contributed by atoms with Crippen LogP contribution in [0.3, 0.4) is 0 Å². The number of halogens is 1. The van der Waals surface area contributed by atoms with Gasteiger partial charge in [-0.25, -0.2) is 0 Å². The van der Waals surface area contributed by atoms with Gasteiger partial charge in [0.15, 0.2) is 0 Å². The van der Waals surface area contributed by atoms with Gasteiger partial charge < -0.3 is 5.11 Å². The Labute approximate surface area is 85.9 Å². The molecule has 4 rings (SSSR count). The lowest BCUT2D eigenvalue weighted by atomic mass is 9.42. The summed E-state index contributed by atoms with van der Waals surface area (Å²) in [7, 11) is 0.